The second-order valence-corrected chi connectivity index (χ2v) is 3.48. The van der Waals surface area contributed by atoms with Gasteiger partial charge in [0.05, 0.1) is 0 Å². The van der Waals surface area contributed by atoms with Gasteiger partial charge < -0.3 is 4.74 Å². The molecule has 1 aliphatic rings. The lowest BCUT2D eigenvalue weighted by Gasteiger charge is -2.24. The fraction of sp³-hybridized carbons (Fsp3) is 0.455. The van der Waals surface area contributed by atoms with E-state index in [1.54, 1.807) is 0 Å². The molecule has 1 aliphatic carbocycles. The summed E-state index contributed by atoms with van der Waals surface area (Å²) in [6.07, 6.45) is 1.94. The van der Waals surface area contributed by atoms with Crippen LogP contribution < -0.4 is 5.73 Å². The SMILES string of the molecule is CCOC1(N)CCc2ccccc21. The summed E-state index contributed by atoms with van der Waals surface area (Å²) >= 11 is 0. The van der Waals surface area contributed by atoms with Gasteiger partial charge in [-0.15, -0.1) is 0 Å². The number of benzene rings is 1. The van der Waals surface area contributed by atoms with Crippen molar-refractivity contribution in [3.63, 3.8) is 0 Å². The highest BCUT2D eigenvalue weighted by Crippen LogP contribution is 2.35. The first-order chi connectivity index (χ1) is 6.26. The molecule has 2 N–H and O–H groups in total. The normalized spacial score (nSPS) is 26.0. The van der Waals surface area contributed by atoms with Crippen LogP contribution in [0.5, 0.6) is 0 Å². The van der Waals surface area contributed by atoms with Gasteiger partial charge in [-0.25, -0.2) is 0 Å². The molecule has 70 valence electrons. The van der Waals surface area contributed by atoms with Crippen molar-refractivity contribution in [2.45, 2.75) is 25.5 Å². The molecule has 0 amide bonds. The third-order valence-electron chi connectivity index (χ3n) is 2.64. The van der Waals surface area contributed by atoms with Gasteiger partial charge >= 0.3 is 0 Å². The summed E-state index contributed by atoms with van der Waals surface area (Å²) in [5.41, 5.74) is 8.13. The van der Waals surface area contributed by atoms with Crippen molar-refractivity contribution >= 4 is 0 Å². The predicted octanol–water partition coefficient (Wildman–Crippen LogP) is 1.78. The van der Waals surface area contributed by atoms with Gasteiger partial charge in [0.15, 0.2) is 0 Å². The predicted molar refractivity (Wildman–Crippen MR) is 52.3 cm³/mol. The minimum absolute atomic E-state index is 0.522. The quantitative estimate of drug-likeness (QED) is 0.699. The third kappa shape index (κ3) is 1.36. The summed E-state index contributed by atoms with van der Waals surface area (Å²) < 4.78 is 5.59. The van der Waals surface area contributed by atoms with Crippen molar-refractivity contribution in [3.05, 3.63) is 35.4 Å². The van der Waals surface area contributed by atoms with Crippen molar-refractivity contribution in [1.82, 2.24) is 0 Å². The Morgan fingerprint density at radius 1 is 1.46 bits per heavy atom. The van der Waals surface area contributed by atoms with Gasteiger partial charge in [-0.3, -0.25) is 5.73 Å². The van der Waals surface area contributed by atoms with Crippen LogP contribution in [0.4, 0.5) is 0 Å². The van der Waals surface area contributed by atoms with E-state index in [-0.39, 0.29) is 0 Å². The molecule has 0 fully saturated rings. The highest BCUT2D eigenvalue weighted by atomic mass is 16.5. The van der Waals surface area contributed by atoms with Crippen LogP contribution in [-0.4, -0.2) is 6.61 Å². The zero-order valence-corrected chi connectivity index (χ0v) is 7.92. The van der Waals surface area contributed by atoms with E-state index in [1.165, 1.54) is 5.56 Å². The topological polar surface area (TPSA) is 35.2 Å². The fourth-order valence-corrected chi connectivity index (χ4v) is 2.01. The Labute approximate surface area is 78.7 Å². The van der Waals surface area contributed by atoms with Gasteiger partial charge in [-0.1, -0.05) is 24.3 Å². The molecule has 13 heavy (non-hydrogen) atoms. The molecule has 0 spiro atoms. The van der Waals surface area contributed by atoms with Crippen molar-refractivity contribution in [1.29, 1.82) is 0 Å². The van der Waals surface area contributed by atoms with Crippen molar-refractivity contribution in [2.75, 3.05) is 6.61 Å². The number of hydrogen-bond donors (Lipinski definition) is 1. The lowest BCUT2D eigenvalue weighted by Crippen LogP contribution is -2.37. The summed E-state index contributed by atoms with van der Waals surface area (Å²) in [6.45, 7) is 2.65. The van der Waals surface area contributed by atoms with Crippen LogP contribution in [0.1, 0.15) is 24.5 Å². The second kappa shape index (κ2) is 3.13. The maximum atomic E-state index is 6.16. The first kappa shape index (κ1) is 8.73. The average molecular weight is 177 g/mol. The molecular weight excluding hydrogens is 162 g/mol. The summed E-state index contributed by atoms with van der Waals surface area (Å²) in [5, 5.41) is 0. The lowest BCUT2D eigenvalue weighted by atomic mass is 10.1. The molecular formula is C11H15NO. The van der Waals surface area contributed by atoms with Crippen molar-refractivity contribution in [2.24, 2.45) is 5.73 Å². The minimum Gasteiger partial charge on any atom is -0.357 e. The molecule has 0 aliphatic heterocycles. The Balaban J connectivity index is 2.37. The molecule has 0 saturated heterocycles. The summed E-state index contributed by atoms with van der Waals surface area (Å²) in [6, 6.07) is 8.27. The number of aryl methyl sites for hydroxylation is 1. The van der Waals surface area contributed by atoms with E-state index < -0.39 is 5.72 Å². The molecule has 2 heteroatoms. The van der Waals surface area contributed by atoms with E-state index in [0.717, 1.165) is 18.4 Å². The van der Waals surface area contributed by atoms with E-state index in [2.05, 4.69) is 18.2 Å². The monoisotopic (exact) mass is 177 g/mol. The lowest BCUT2D eigenvalue weighted by molar-refractivity contribution is -0.0380. The zero-order chi connectivity index (χ0) is 9.31. The molecule has 0 aromatic heterocycles. The van der Waals surface area contributed by atoms with Crippen LogP contribution in [0, 0.1) is 0 Å². The van der Waals surface area contributed by atoms with E-state index >= 15 is 0 Å². The molecule has 0 bridgehead atoms. The van der Waals surface area contributed by atoms with Gasteiger partial charge in [-0.2, -0.15) is 0 Å². The number of hydrogen-bond acceptors (Lipinski definition) is 2. The third-order valence-corrected chi connectivity index (χ3v) is 2.64. The first-order valence-corrected chi connectivity index (χ1v) is 4.77. The molecule has 2 nitrogen and oxygen atoms in total. The van der Waals surface area contributed by atoms with Crippen molar-refractivity contribution < 1.29 is 4.74 Å². The summed E-state index contributed by atoms with van der Waals surface area (Å²) in [7, 11) is 0. The van der Waals surface area contributed by atoms with Gasteiger partial charge in [0.1, 0.15) is 5.72 Å². The van der Waals surface area contributed by atoms with Gasteiger partial charge in [0, 0.05) is 12.2 Å². The Kier molecular flexibility index (Phi) is 2.10. The zero-order valence-electron chi connectivity index (χ0n) is 7.92. The van der Waals surface area contributed by atoms with Crippen LogP contribution in [0.15, 0.2) is 24.3 Å². The van der Waals surface area contributed by atoms with Crippen LogP contribution in [-0.2, 0) is 16.9 Å². The number of fused-ring (bicyclic) bond motifs is 1. The van der Waals surface area contributed by atoms with Crippen molar-refractivity contribution in [3.8, 4) is 0 Å². The molecule has 0 saturated carbocycles. The Bertz CT molecular complexity index is 307. The van der Waals surface area contributed by atoms with Gasteiger partial charge in [0.25, 0.3) is 0 Å². The van der Waals surface area contributed by atoms with Crippen LogP contribution >= 0.6 is 0 Å². The number of ether oxygens (including phenoxy) is 1. The maximum Gasteiger partial charge on any atom is 0.143 e. The van der Waals surface area contributed by atoms with Crippen LogP contribution in [0.3, 0.4) is 0 Å². The summed E-state index contributed by atoms with van der Waals surface area (Å²) in [4.78, 5) is 0. The molecule has 2 rings (SSSR count). The van der Waals surface area contributed by atoms with Crippen LogP contribution in [0.2, 0.25) is 0 Å². The maximum absolute atomic E-state index is 6.16. The number of nitrogens with two attached hydrogens (primary N) is 1. The highest BCUT2D eigenvalue weighted by Gasteiger charge is 2.34. The summed E-state index contributed by atoms with van der Waals surface area (Å²) in [5.74, 6) is 0. The molecule has 1 unspecified atom stereocenters. The molecule has 1 aromatic rings. The Morgan fingerprint density at radius 3 is 3.00 bits per heavy atom. The Hall–Kier alpha value is -0.860. The first-order valence-electron chi connectivity index (χ1n) is 4.77. The molecule has 1 atom stereocenters. The van der Waals surface area contributed by atoms with E-state index in [4.69, 9.17) is 10.5 Å². The average Bonchev–Trinajstić information content (AvgIpc) is 2.46. The van der Waals surface area contributed by atoms with Crippen LogP contribution in [0.25, 0.3) is 0 Å². The Morgan fingerprint density at radius 2 is 2.23 bits per heavy atom. The standard InChI is InChI=1S/C11H15NO/c1-2-13-11(12)8-7-9-5-3-4-6-10(9)11/h3-6H,2,7-8,12H2,1H3. The van der Waals surface area contributed by atoms with E-state index in [0.29, 0.717) is 6.61 Å². The molecule has 0 heterocycles. The highest BCUT2D eigenvalue weighted by molar-refractivity contribution is 5.36. The minimum atomic E-state index is -0.522. The van der Waals surface area contributed by atoms with E-state index in [1.807, 2.05) is 13.0 Å². The molecule has 0 radical (unpaired) electrons. The van der Waals surface area contributed by atoms with Gasteiger partial charge in [-0.05, 0) is 25.3 Å². The largest absolute Gasteiger partial charge is 0.357 e. The fourth-order valence-electron chi connectivity index (χ4n) is 2.01. The number of rotatable bonds is 2. The van der Waals surface area contributed by atoms with Gasteiger partial charge in [0.2, 0.25) is 0 Å². The molecule has 1 aromatic carbocycles. The smallest absolute Gasteiger partial charge is 0.143 e. The van der Waals surface area contributed by atoms with E-state index in [9.17, 15) is 0 Å². The second-order valence-electron chi connectivity index (χ2n) is 3.48.